The summed E-state index contributed by atoms with van der Waals surface area (Å²) in [6, 6.07) is 25.4. The number of hydrogen-bond acceptors (Lipinski definition) is 13. The lowest BCUT2D eigenvalue weighted by Crippen LogP contribution is -2.52. The third-order valence-corrected chi connectivity index (χ3v) is 15.8. The number of methoxy groups -OCH3 is 1. The van der Waals surface area contributed by atoms with Crippen LogP contribution in [-0.4, -0.2) is 120 Å². The molecule has 18 heteroatoms. The molecular weight excluding hydrogens is 925 g/mol. The van der Waals surface area contributed by atoms with Crippen LogP contribution in [0.4, 0.5) is 34.5 Å². The van der Waals surface area contributed by atoms with Gasteiger partial charge < -0.3 is 34.6 Å². The van der Waals surface area contributed by atoms with Crippen LogP contribution >= 0.6 is 18.7 Å². The van der Waals surface area contributed by atoms with Crippen LogP contribution in [0.25, 0.3) is 22.3 Å². The van der Waals surface area contributed by atoms with Gasteiger partial charge >= 0.3 is 0 Å². The third kappa shape index (κ3) is 9.85. The number of piperazine rings is 1. The smallest absolute Gasteiger partial charge is 0.255 e. The SMILES string of the molecule is COc1cc(N2CCC(CN3CCN(c4ccc5c(c4)CN([C@H]4CCC(=O)NC4=O)C5=O)CC3)CC2)c(-c2cnn(C)c2)cc1Nc1ncc(Cl)c(Nc2ccc(-c3ccccc3)cc2P(C)(C)=O)n1. The maximum atomic E-state index is 13.6. The quantitative estimate of drug-likeness (QED) is 0.0760. The highest BCUT2D eigenvalue weighted by Gasteiger charge is 2.39. The van der Waals surface area contributed by atoms with Crippen molar-refractivity contribution < 1.29 is 23.7 Å². The highest BCUT2D eigenvalue weighted by atomic mass is 35.5. The molecule has 3 amide bonds. The summed E-state index contributed by atoms with van der Waals surface area (Å²) in [5.41, 5.74) is 9.03. The average Bonchev–Trinajstić information content (AvgIpc) is 3.94. The van der Waals surface area contributed by atoms with Gasteiger partial charge in [-0.15, -0.1) is 0 Å². The molecule has 3 N–H and O–H groups in total. The first-order chi connectivity index (χ1) is 33.8. The van der Waals surface area contributed by atoms with Gasteiger partial charge in [0.25, 0.3) is 5.91 Å². The summed E-state index contributed by atoms with van der Waals surface area (Å²) in [4.78, 5) is 55.9. The van der Waals surface area contributed by atoms with Crippen LogP contribution in [0.15, 0.2) is 97.5 Å². The second-order valence-electron chi connectivity index (χ2n) is 19.0. The van der Waals surface area contributed by atoms with Crippen LogP contribution in [0.2, 0.25) is 5.02 Å². The number of carbonyl (C=O) groups excluding carboxylic acids is 3. The molecule has 16 nitrogen and oxygen atoms in total. The number of aromatic nitrogens is 4. The van der Waals surface area contributed by atoms with E-state index >= 15 is 0 Å². The number of nitrogens with zero attached hydrogens (tertiary/aromatic N) is 8. The van der Waals surface area contributed by atoms with Crippen molar-refractivity contribution in [3.05, 3.63) is 114 Å². The second-order valence-corrected chi connectivity index (χ2v) is 22.6. The number of hydrogen-bond donors (Lipinski definition) is 3. The molecule has 4 aliphatic heterocycles. The number of anilines is 6. The normalized spacial score (nSPS) is 18.0. The number of aryl methyl sites for hydroxylation is 1. The van der Waals surface area contributed by atoms with Gasteiger partial charge in [0, 0.05) is 111 Å². The van der Waals surface area contributed by atoms with Gasteiger partial charge in [-0.25, -0.2) is 4.98 Å². The van der Waals surface area contributed by atoms with E-state index in [1.807, 2.05) is 80.1 Å². The number of ether oxygens (including phenoxy) is 1. The van der Waals surface area contributed by atoms with E-state index in [9.17, 15) is 18.9 Å². The average molecular weight is 983 g/mol. The fraction of sp³-hybridized carbons (Fsp3) is 0.346. The minimum Gasteiger partial charge on any atom is -0.494 e. The lowest BCUT2D eigenvalue weighted by atomic mass is 9.94. The summed E-state index contributed by atoms with van der Waals surface area (Å²) < 4.78 is 21.5. The van der Waals surface area contributed by atoms with Crippen LogP contribution in [0.1, 0.15) is 41.6 Å². The largest absolute Gasteiger partial charge is 0.494 e. The van der Waals surface area contributed by atoms with Gasteiger partial charge in [0.15, 0.2) is 5.82 Å². The summed E-state index contributed by atoms with van der Waals surface area (Å²) in [6.45, 7) is 10.4. The molecule has 0 spiro atoms. The Morgan fingerprint density at radius 1 is 0.814 bits per heavy atom. The van der Waals surface area contributed by atoms with Crippen LogP contribution in [-0.2, 0) is 27.7 Å². The number of benzene rings is 4. The van der Waals surface area contributed by atoms with Crippen LogP contribution in [0, 0.1) is 5.92 Å². The number of halogens is 1. The Morgan fingerprint density at radius 2 is 1.60 bits per heavy atom. The maximum absolute atomic E-state index is 13.6. The van der Waals surface area contributed by atoms with Gasteiger partial charge in [-0.2, -0.15) is 10.1 Å². The fourth-order valence-electron chi connectivity index (χ4n) is 10.2. The number of amides is 3. The molecule has 6 aromatic rings. The number of carbonyl (C=O) groups is 3. The van der Waals surface area contributed by atoms with E-state index in [1.54, 1.807) is 36.2 Å². The van der Waals surface area contributed by atoms with Gasteiger partial charge in [-0.3, -0.25) is 29.3 Å². The van der Waals surface area contributed by atoms with Gasteiger partial charge in [0.2, 0.25) is 17.8 Å². The predicted octanol–water partition coefficient (Wildman–Crippen LogP) is 7.74. The standard InChI is InChI=1S/C52H57ClN11O5P/c1-60-31-37(28-55-60)40-26-43(57-52-54-29-41(53)49(59-52)56-42-13-10-35(25-47(42)70(3,4)68)34-8-6-5-7-9-34)46(69-2)27-45(40)63-18-16-33(17-19-63)30-61-20-22-62(23-21-61)38-11-12-39-36(24-38)32-64(51(39)67)44-14-15-48(65)58-50(44)66/h5-13,24-29,31,33,44H,14-23,30,32H2,1-4H3,(H,58,65,66)(H2,54,56,57,59)/t44-/m0/s1. The Labute approximate surface area is 412 Å². The molecule has 6 heterocycles. The van der Waals surface area contributed by atoms with Crippen molar-refractivity contribution in [2.24, 2.45) is 13.0 Å². The first-order valence-electron chi connectivity index (χ1n) is 23.8. The number of piperidine rings is 2. The second kappa shape index (κ2) is 19.6. The number of rotatable bonds is 13. The Balaban J connectivity index is 0.793. The molecule has 0 bridgehead atoms. The molecule has 4 aliphatic rings. The van der Waals surface area contributed by atoms with Gasteiger partial charge in [-0.05, 0) is 91.6 Å². The van der Waals surface area contributed by atoms with E-state index in [-0.39, 0.29) is 18.2 Å². The summed E-state index contributed by atoms with van der Waals surface area (Å²) in [5, 5.41) is 14.7. The van der Waals surface area contributed by atoms with Crippen LogP contribution in [0.3, 0.4) is 0 Å². The zero-order valence-corrected chi connectivity index (χ0v) is 41.5. The van der Waals surface area contributed by atoms with Crippen molar-refractivity contribution in [3.8, 4) is 28.0 Å². The van der Waals surface area contributed by atoms with Gasteiger partial charge in [0.05, 0.1) is 30.9 Å². The fourth-order valence-corrected chi connectivity index (χ4v) is 11.5. The van der Waals surface area contributed by atoms with Crippen LogP contribution in [0.5, 0.6) is 5.75 Å². The first kappa shape index (κ1) is 47.0. The maximum Gasteiger partial charge on any atom is 0.255 e. The van der Waals surface area contributed by atoms with Crippen molar-refractivity contribution in [1.29, 1.82) is 0 Å². The minimum absolute atomic E-state index is 0.148. The topological polar surface area (TPSA) is 170 Å². The number of fused-ring (bicyclic) bond motifs is 1. The van der Waals surface area contributed by atoms with Crippen molar-refractivity contribution >= 4 is 76.3 Å². The molecule has 4 aromatic carbocycles. The van der Waals surface area contributed by atoms with Crippen molar-refractivity contribution in [2.75, 3.05) is 86.7 Å². The molecular formula is C52H57ClN11O5P. The van der Waals surface area contributed by atoms with E-state index < -0.39 is 19.1 Å². The zero-order chi connectivity index (χ0) is 48.7. The number of nitrogens with one attached hydrogen (secondary N) is 3. The van der Waals surface area contributed by atoms with Gasteiger partial charge in [0.1, 0.15) is 24.0 Å². The number of imide groups is 1. The Bertz CT molecular complexity index is 3020. The molecule has 70 heavy (non-hydrogen) atoms. The third-order valence-electron chi connectivity index (χ3n) is 14.0. The highest BCUT2D eigenvalue weighted by molar-refractivity contribution is 7.70. The molecule has 3 fully saturated rings. The monoisotopic (exact) mass is 981 g/mol. The summed E-state index contributed by atoms with van der Waals surface area (Å²) in [5.74, 6) is 1.04. The van der Waals surface area contributed by atoms with E-state index in [2.05, 4.69) is 58.9 Å². The highest BCUT2D eigenvalue weighted by Crippen LogP contribution is 2.43. The molecule has 362 valence electrons. The van der Waals surface area contributed by atoms with E-state index in [1.165, 1.54) is 0 Å². The first-order valence-corrected chi connectivity index (χ1v) is 26.8. The van der Waals surface area contributed by atoms with E-state index in [4.69, 9.17) is 21.3 Å². The lowest BCUT2D eigenvalue weighted by Gasteiger charge is -2.40. The Kier molecular flexibility index (Phi) is 13.1. The Hall–Kier alpha value is -6.74. The lowest BCUT2D eigenvalue weighted by molar-refractivity contribution is -0.136. The molecule has 3 saturated heterocycles. The molecule has 0 aliphatic carbocycles. The summed E-state index contributed by atoms with van der Waals surface area (Å²) in [7, 11) is 0.839. The van der Waals surface area contributed by atoms with Crippen molar-refractivity contribution in [3.63, 3.8) is 0 Å². The molecule has 1 atom stereocenters. The van der Waals surface area contributed by atoms with Crippen LogP contribution < -0.4 is 35.8 Å². The molecule has 10 rings (SSSR count). The molecule has 2 aromatic heterocycles. The van der Waals surface area contributed by atoms with Gasteiger partial charge in [-0.1, -0.05) is 48.0 Å². The minimum atomic E-state index is -2.73. The van der Waals surface area contributed by atoms with E-state index in [0.717, 1.165) is 97.8 Å². The summed E-state index contributed by atoms with van der Waals surface area (Å²) in [6.07, 6.45) is 8.13. The zero-order valence-electron chi connectivity index (χ0n) is 39.8. The molecule has 0 saturated carbocycles. The predicted molar refractivity (Wildman–Crippen MR) is 276 cm³/mol. The Morgan fingerprint density at radius 3 is 2.31 bits per heavy atom. The van der Waals surface area contributed by atoms with Crippen molar-refractivity contribution in [2.45, 2.75) is 38.3 Å². The van der Waals surface area contributed by atoms with E-state index in [0.29, 0.717) is 63.7 Å². The van der Waals surface area contributed by atoms with Crippen molar-refractivity contribution in [1.82, 2.24) is 34.9 Å². The summed E-state index contributed by atoms with van der Waals surface area (Å²) >= 11 is 6.70. The molecule has 0 unspecified atom stereocenters. The molecule has 0 radical (unpaired) electrons.